The second-order valence-corrected chi connectivity index (χ2v) is 3.87. The van der Waals surface area contributed by atoms with Gasteiger partial charge in [-0.15, -0.1) is 0 Å². The minimum Gasteiger partial charge on any atom is -0.507 e. The summed E-state index contributed by atoms with van der Waals surface area (Å²) in [5.74, 6) is -1.61. The van der Waals surface area contributed by atoms with Crippen LogP contribution in [0.2, 0.25) is 0 Å². The van der Waals surface area contributed by atoms with E-state index in [1.165, 1.54) is 0 Å². The van der Waals surface area contributed by atoms with E-state index in [0.717, 1.165) is 23.8 Å². The van der Waals surface area contributed by atoms with Crippen molar-refractivity contribution >= 4 is 5.91 Å². The van der Waals surface area contributed by atoms with Crippen molar-refractivity contribution in [3.8, 4) is 5.75 Å². The summed E-state index contributed by atoms with van der Waals surface area (Å²) in [6.45, 7) is 0.183. The maximum Gasteiger partial charge on any atom is 0.278 e. The van der Waals surface area contributed by atoms with Crippen molar-refractivity contribution in [1.29, 1.82) is 0 Å². The predicted molar refractivity (Wildman–Crippen MR) is 66.8 cm³/mol. The molecule has 0 bridgehead atoms. The molecule has 2 N–H and O–H groups in total. The number of carbonyl (C=O) groups excluding carboxylic acids is 1. The molecule has 0 aliphatic heterocycles. The standard InChI is InChI=1S/C14H12FNO3/c15-11-6-7-13(17)12(8-11)14(18)16-19-9-10-4-2-1-3-5-10/h1-8,17H,9H2,(H,16,18). The molecule has 0 aliphatic carbocycles. The Morgan fingerprint density at radius 1 is 1.21 bits per heavy atom. The van der Waals surface area contributed by atoms with Crippen molar-refractivity contribution in [1.82, 2.24) is 5.48 Å². The highest BCUT2D eigenvalue weighted by molar-refractivity contribution is 5.96. The lowest BCUT2D eigenvalue weighted by molar-refractivity contribution is 0.0231. The fourth-order valence-electron chi connectivity index (χ4n) is 1.50. The van der Waals surface area contributed by atoms with Crippen molar-refractivity contribution in [2.24, 2.45) is 0 Å². The summed E-state index contributed by atoms with van der Waals surface area (Å²) in [5.41, 5.74) is 2.86. The lowest BCUT2D eigenvalue weighted by atomic mass is 10.2. The minimum absolute atomic E-state index is 0.173. The van der Waals surface area contributed by atoms with Gasteiger partial charge in [0.1, 0.15) is 11.6 Å². The van der Waals surface area contributed by atoms with E-state index < -0.39 is 11.7 Å². The molecule has 0 unspecified atom stereocenters. The van der Waals surface area contributed by atoms with Gasteiger partial charge in [-0.2, -0.15) is 0 Å². The van der Waals surface area contributed by atoms with Gasteiger partial charge < -0.3 is 5.11 Å². The number of hydrogen-bond donors (Lipinski definition) is 2. The Balaban J connectivity index is 1.93. The van der Waals surface area contributed by atoms with E-state index in [1.807, 2.05) is 30.3 Å². The average Bonchev–Trinajstić information content (AvgIpc) is 2.42. The molecule has 1 amide bonds. The van der Waals surface area contributed by atoms with Crippen molar-refractivity contribution in [3.05, 3.63) is 65.5 Å². The number of hydrogen-bond acceptors (Lipinski definition) is 3. The molecule has 0 radical (unpaired) electrons. The van der Waals surface area contributed by atoms with Crippen LogP contribution in [0.4, 0.5) is 4.39 Å². The molecule has 0 spiro atoms. The Kier molecular flexibility index (Phi) is 4.10. The smallest absolute Gasteiger partial charge is 0.278 e. The third-order valence-corrected chi connectivity index (χ3v) is 2.45. The Morgan fingerprint density at radius 2 is 1.95 bits per heavy atom. The zero-order valence-corrected chi connectivity index (χ0v) is 9.97. The first-order valence-corrected chi connectivity index (χ1v) is 5.61. The van der Waals surface area contributed by atoms with Crippen molar-refractivity contribution < 1.29 is 19.1 Å². The summed E-state index contributed by atoms with van der Waals surface area (Å²) in [4.78, 5) is 16.6. The molecule has 0 heterocycles. The number of rotatable bonds is 4. The fraction of sp³-hybridized carbons (Fsp3) is 0.0714. The van der Waals surface area contributed by atoms with Gasteiger partial charge in [0.05, 0.1) is 12.2 Å². The molecule has 98 valence electrons. The average molecular weight is 261 g/mol. The zero-order valence-electron chi connectivity index (χ0n) is 9.97. The molecular formula is C14H12FNO3. The van der Waals surface area contributed by atoms with Crippen LogP contribution in [0.15, 0.2) is 48.5 Å². The number of phenols is 1. The number of aromatic hydroxyl groups is 1. The maximum atomic E-state index is 13.0. The van der Waals surface area contributed by atoms with Gasteiger partial charge in [0.15, 0.2) is 0 Å². The summed E-state index contributed by atoms with van der Waals surface area (Å²) >= 11 is 0. The first-order chi connectivity index (χ1) is 9.16. The van der Waals surface area contributed by atoms with Crippen LogP contribution in [0, 0.1) is 5.82 Å². The Bertz CT molecular complexity index is 572. The van der Waals surface area contributed by atoms with E-state index in [-0.39, 0.29) is 17.9 Å². The lowest BCUT2D eigenvalue weighted by Gasteiger charge is -2.07. The molecule has 2 rings (SSSR count). The van der Waals surface area contributed by atoms with E-state index in [9.17, 15) is 14.3 Å². The van der Waals surface area contributed by atoms with Crippen LogP contribution in [0.5, 0.6) is 5.75 Å². The minimum atomic E-state index is -0.701. The van der Waals surface area contributed by atoms with E-state index in [1.54, 1.807) is 0 Å². The fourth-order valence-corrected chi connectivity index (χ4v) is 1.50. The van der Waals surface area contributed by atoms with Gasteiger partial charge in [-0.3, -0.25) is 9.63 Å². The molecule has 0 atom stereocenters. The number of phenolic OH excluding ortho intramolecular Hbond substituents is 1. The van der Waals surface area contributed by atoms with E-state index in [0.29, 0.717) is 0 Å². The van der Waals surface area contributed by atoms with Crippen LogP contribution >= 0.6 is 0 Å². The van der Waals surface area contributed by atoms with Crippen LogP contribution in [0.1, 0.15) is 15.9 Å². The van der Waals surface area contributed by atoms with E-state index in [4.69, 9.17) is 4.84 Å². The molecule has 0 fully saturated rings. The number of carbonyl (C=O) groups is 1. The first-order valence-electron chi connectivity index (χ1n) is 5.61. The molecule has 0 aliphatic rings. The summed E-state index contributed by atoms with van der Waals surface area (Å²) in [7, 11) is 0. The van der Waals surface area contributed by atoms with E-state index >= 15 is 0 Å². The van der Waals surface area contributed by atoms with Crippen LogP contribution < -0.4 is 5.48 Å². The number of amides is 1. The Morgan fingerprint density at radius 3 is 2.68 bits per heavy atom. The SMILES string of the molecule is O=C(NOCc1ccccc1)c1cc(F)ccc1O. The van der Waals surface area contributed by atoms with Gasteiger partial charge in [-0.05, 0) is 23.8 Å². The number of hydroxylamine groups is 1. The molecule has 5 heteroatoms. The van der Waals surface area contributed by atoms with Crippen LogP contribution in [0.25, 0.3) is 0 Å². The largest absolute Gasteiger partial charge is 0.507 e. The molecule has 2 aromatic rings. The zero-order chi connectivity index (χ0) is 13.7. The molecule has 0 saturated carbocycles. The highest BCUT2D eigenvalue weighted by atomic mass is 19.1. The summed E-state index contributed by atoms with van der Waals surface area (Å²) in [6, 6.07) is 12.4. The lowest BCUT2D eigenvalue weighted by Crippen LogP contribution is -2.23. The maximum absolute atomic E-state index is 13.0. The van der Waals surface area contributed by atoms with Crippen LogP contribution in [-0.4, -0.2) is 11.0 Å². The summed E-state index contributed by atoms with van der Waals surface area (Å²) in [6.07, 6.45) is 0. The number of nitrogens with one attached hydrogen (secondary N) is 1. The van der Waals surface area contributed by atoms with Gasteiger partial charge >= 0.3 is 0 Å². The third kappa shape index (κ3) is 3.53. The quantitative estimate of drug-likeness (QED) is 0.831. The van der Waals surface area contributed by atoms with Gasteiger partial charge in [0, 0.05) is 0 Å². The molecule has 2 aromatic carbocycles. The second-order valence-electron chi connectivity index (χ2n) is 3.87. The van der Waals surface area contributed by atoms with Gasteiger partial charge in [-0.25, -0.2) is 9.87 Å². The summed E-state index contributed by atoms with van der Waals surface area (Å²) in [5, 5.41) is 9.44. The van der Waals surface area contributed by atoms with Gasteiger partial charge in [-0.1, -0.05) is 30.3 Å². The topological polar surface area (TPSA) is 58.6 Å². The second kappa shape index (κ2) is 5.97. The molecule has 0 saturated heterocycles. The molecule has 0 aromatic heterocycles. The van der Waals surface area contributed by atoms with Crippen molar-refractivity contribution in [2.45, 2.75) is 6.61 Å². The Labute approximate surface area is 109 Å². The number of benzene rings is 2. The van der Waals surface area contributed by atoms with Gasteiger partial charge in [0.2, 0.25) is 0 Å². The van der Waals surface area contributed by atoms with E-state index in [2.05, 4.69) is 5.48 Å². The Hall–Kier alpha value is -2.40. The van der Waals surface area contributed by atoms with Crippen molar-refractivity contribution in [2.75, 3.05) is 0 Å². The summed E-state index contributed by atoms with van der Waals surface area (Å²) < 4.78 is 13.0. The molecule has 19 heavy (non-hydrogen) atoms. The third-order valence-electron chi connectivity index (χ3n) is 2.45. The van der Waals surface area contributed by atoms with Crippen LogP contribution in [-0.2, 0) is 11.4 Å². The number of halogens is 1. The van der Waals surface area contributed by atoms with Gasteiger partial charge in [0.25, 0.3) is 5.91 Å². The normalized spacial score (nSPS) is 10.2. The first kappa shape index (κ1) is 13.0. The van der Waals surface area contributed by atoms with Crippen molar-refractivity contribution in [3.63, 3.8) is 0 Å². The predicted octanol–water partition coefficient (Wildman–Crippen LogP) is 2.39. The highest BCUT2D eigenvalue weighted by Crippen LogP contribution is 2.17. The molecular weight excluding hydrogens is 249 g/mol. The monoisotopic (exact) mass is 261 g/mol. The molecule has 4 nitrogen and oxygen atoms in total. The highest BCUT2D eigenvalue weighted by Gasteiger charge is 2.12. The van der Waals surface area contributed by atoms with Crippen LogP contribution in [0.3, 0.4) is 0 Å².